The Labute approximate surface area is 117 Å². The topological polar surface area (TPSA) is 51.2 Å². The van der Waals surface area contributed by atoms with E-state index in [1.54, 1.807) is 24.3 Å². The number of hydrogen-bond acceptors (Lipinski definition) is 3. The fourth-order valence-corrected chi connectivity index (χ4v) is 2.25. The maximum absolute atomic E-state index is 13.7. The van der Waals surface area contributed by atoms with E-state index < -0.39 is 0 Å². The van der Waals surface area contributed by atoms with Crippen molar-refractivity contribution < 1.29 is 8.81 Å². The molecule has 1 aromatic heterocycles. The van der Waals surface area contributed by atoms with E-state index in [-0.39, 0.29) is 11.9 Å². The van der Waals surface area contributed by atoms with E-state index >= 15 is 0 Å². The third-order valence-corrected chi connectivity index (χ3v) is 3.39. The molecule has 6 heteroatoms. The predicted molar refractivity (Wildman–Crippen MR) is 71.6 cm³/mol. The van der Waals surface area contributed by atoms with Gasteiger partial charge < -0.3 is 4.42 Å². The molecule has 1 unspecified atom stereocenters. The van der Waals surface area contributed by atoms with Crippen LogP contribution in [0.2, 0.25) is 5.02 Å². The summed E-state index contributed by atoms with van der Waals surface area (Å²) in [7, 11) is 0. The highest BCUT2D eigenvalue weighted by Gasteiger charge is 2.18. The molecular formula is C12H11BrClFN2O. The van der Waals surface area contributed by atoms with Crippen molar-refractivity contribution >= 4 is 27.5 Å². The van der Waals surface area contributed by atoms with E-state index in [1.807, 2.05) is 0 Å². The summed E-state index contributed by atoms with van der Waals surface area (Å²) < 4.78 is 19.7. The molecule has 1 heterocycles. The van der Waals surface area contributed by atoms with Crippen LogP contribution in [0.1, 0.15) is 17.4 Å². The van der Waals surface area contributed by atoms with Gasteiger partial charge in [-0.2, -0.15) is 0 Å². The second kappa shape index (κ2) is 5.84. The zero-order valence-electron chi connectivity index (χ0n) is 9.29. The van der Waals surface area contributed by atoms with Crippen LogP contribution in [-0.4, -0.2) is 0 Å². The number of rotatable bonds is 4. The lowest BCUT2D eigenvalue weighted by atomic mass is 10.0. The number of furan rings is 1. The summed E-state index contributed by atoms with van der Waals surface area (Å²) in [6, 6.07) is 7.76. The van der Waals surface area contributed by atoms with Crippen molar-refractivity contribution in [2.45, 2.75) is 12.5 Å². The lowest BCUT2D eigenvalue weighted by Crippen LogP contribution is -2.29. The van der Waals surface area contributed by atoms with Gasteiger partial charge in [-0.3, -0.25) is 5.84 Å². The molecule has 0 fully saturated rings. The first-order valence-corrected chi connectivity index (χ1v) is 6.43. The Bertz CT molecular complexity index is 526. The number of nitrogens with one attached hydrogen (secondary N) is 1. The molecule has 0 bridgehead atoms. The van der Waals surface area contributed by atoms with Gasteiger partial charge >= 0.3 is 0 Å². The van der Waals surface area contributed by atoms with Crippen molar-refractivity contribution in [2.24, 2.45) is 5.84 Å². The summed E-state index contributed by atoms with van der Waals surface area (Å²) in [5.74, 6) is 5.73. The highest BCUT2D eigenvalue weighted by atomic mass is 79.9. The second-order valence-electron chi connectivity index (χ2n) is 3.77. The summed E-state index contributed by atoms with van der Waals surface area (Å²) in [6.07, 6.45) is 0.307. The van der Waals surface area contributed by atoms with Crippen LogP contribution >= 0.6 is 27.5 Å². The first kappa shape index (κ1) is 13.5. The lowest BCUT2D eigenvalue weighted by Gasteiger charge is -2.14. The molecule has 0 aliphatic rings. The Hall–Kier alpha value is -0.880. The first-order chi connectivity index (χ1) is 8.61. The Kier molecular flexibility index (Phi) is 4.40. The minimum absolute atomic E-state index is 0.307. The van der Waals surface area contributed by atoms with Crippen LogP contribution < -0.4 is 11.3 Å². The normalized spacial score (nSPS) is 12.7. The molecule has 3 nitrogen and oxygen atoms in total. The van der Waals surface area contributed by atoms with Crippen molar-refractivity contribution in [1.82, 2.24) is 5.43 Å². The molecule has 1 aromatic carbocycles. The quantitative estimate of drug-likeness (QED) is 0.664. The number of benzene rings is 1. The van der Waals surface area contributed by atoms with E-state index in [9.17, 15) is 4.39 Å². The molecule has 3 N–H and O–H groups in total. The molecule has 0 spiro atoms. The zero-order valence-corrected chi connectivity index (χ0v) is 11.6. The largest absolute Gasteiger partial charge is 0.453 e. The summed E-state index contributed by atoms with van der Waals surface area (Å²) in [5, 5.41) is 0.376. The van der Waals surface area contributed by atoms with Crippen LogP contribution in [0.3, 0.4) is 0 Å². The molecule has 0 radical (unpaired) electrons. The molecule has 0 aliphatic heterocycles. The van der Waals surface area contributed by atoms with Crippen molar-refractivity contribution in [1.29, 1.82) is 0 Å². The highest BCUT2D eigenvalue weighted by molar-refractivity contribution is 9.10. The molecule has 1 atom stereocenters. The van der Waals surface area contributed by atoms with Crippen LogP contribution in [0.5, 0.6) is 0 Å². The third-order valence-electron chi connectivity index (χ3n) is 2.61. The minimum Gasteiger partial charge on any atom is -0.453 e. The standard InChI is InChI=1S/C12H11BrClFN2O/c13-12-5-4-11(18-12)10(17-16)6-7-8(14)2-1-3-9(7)15/h1-5,10,17H,6,16H2. The number of hydrazine groups is 1. The van der Waals surface area contributed by atoms with Gasteiger partial charge in [0.15, 0.2) is 4.67 Å². The number of nitrogens with two attached hydrogens (primary N) is 1. The van der Waals surface area contributed by atoms with Gasteiger partial charge in [0.05, 0.1) is 6.04 Å². The Morgan fingerprint density at radius 2 is 2.17 bits per heavy atom. The van der Waals surface area contributed by atoms with Gasteiger partial charge in [0.1, 0.15) is 11.6 Å². The molecule has 18 heavy (non-hydrogen) atoms. The van der Waals surface area contributed by atoms with Gasteiger partial charge in [-0.25, -0.2) is 9.82 Å². The maximum Gasteiger partial charge on any atom is 0.169 e. The molecule has 0 saturated carbocycles. The Morgan fingerprint density at radius 3 is 2.72 bits per heavy atom. The van der Waals surface area contributed by atoms with E-state index in [2.05, 4.69) is 21.4 Å². The fraction of sp³-hybridized carbons (Fsp3) is 0.167. The molecule has 96 valence electrons. The number of halogens is 3. The molecule has 0 saturated heterocycles. The minimum atomic E-state index is -0.353. The zero-order chi connectivity index (χ0) is 13.1. The summed E-state index contributed by atoms with van der Waals surface area (Å²) in [5.41, 5.74) is 3.01. The average Bonchev–Trinajstić information content (AvgIpc) is 2.76. The van der Waals surface area contributed by atoms with Crippen molar-refractivity contribution in [3.63, 3.8) is 0 Å². The molecule has 0 amide bonds. The highest BCUT2D eigenvalue weighted by Crippen LogP contribution is 2.27. The van der Waals surface area contributed by atoms with E-state index in [1.165, 1.54) is 6.07 Å². The van der Waals surface area contributed by atoms with Gasteiger partial charge in [0, 0.05) is 17.0 Å². The molecule has 2 aromatic rings. The smallest absolute Gasteiger partial charge is 0.169 e. The van der Waals surface area contributed by atoms with E-state index in [0.29, 0.717) is 27.4 Å². The van der Waals surface area contributed by atoms with Gasteiger partial charge in [-0.1, -0.05) is 17.7 Å². The summed E-state index contributed by atoms with van der Waals surface area (Å²) in [6.45, 7) is 0. The molecular weight excluding hydrogens is 322 g/mol. The van der Waals surface area contributed by atoms with Crippen LogP contribution in [0.4, 0.5) is 4.39 Å². The van der Waals surface area contributed by atoms with Crippen LogP contribution in [0.15, 0.2) is 39.4 Å². The third kappa shape index (κ3) is 2.92. The van der Waals surface area contributed by atoms with Gasteiger partial charge in [-0.15, -0.1) is 0 Å². The predicted octanol–water partition coefficient (Wildman–Crippen LogP) is 3.58. The van der Waals surface area contributed by atoms with Crippen LogP contribution in [0, 0.1) is 5.82 Å². The second-order valence-corrected chi connectivity index (χ2v) is 4.95. The molecule has 2 rings (SSSR count). The van der Waals surface area contributed by atoms with Crippen LogP contribution in [0.25, 0.3) is 0 Å². The monoisotopic (exact) mass is 332 g/mol. The van der Waals surface area contributed by atoms with Gasteiger partial charge in [0.2, 0.25) is 0 Å². The fourth-order valence-electron chi connectivity index (χ4n) is 1.69. The van der Waals surface area contributed by atoms with Crippen LogP contribution in [-0.2, 0) is 6.42 Å². The maximum atomic E-state index is 13.7. The molecule has 0 aliphatic carbocycles. The SMILES string of the molecule is NNC(Cc1c(F)cccc1Cl)c1ccc(Br)o1. The summed E-state index contributed by atoms with van der Waals surface area (Å²) >= 11 is 9.18. The average molecular weight is 334 g/mol. The van der Waals surface area contributed by atoms with Crippen molar-refractivity contribution in [3.8, 4) is 0 Å². The summed E-state index contributed by atoms with van der Waals surface area (Å²) in [4.78, 5) is 0. The van der Waals surface area contributed by atoms with Gasteiger partial charge in [0.25, 0.3) is 0 Å². The van der Waals surface area contributed by atoms with Crippen molar-refractivity contribution in [2.75, 3.05) is 0 Å². The van der Waals surface area contributed by atoms with Gasteiger partial charge in [-0.05, 0) is 40.2 Å². The number of hydrogen-bond donors (Lipinski definition) is 2. The van der Waals surface area contributed by atoms with E-state index in [4.69, 9.17) is 21.9 Å². The Morgan fingerprint density at radius 1 is 1.39 bits per heavy atom. The Balaban J connectivity index is 2.26. The van der Waals surface area contributed by atoms with Crippen molar-refractivity contribution in [3.05, 3.63) is 57.2 Å². The van der Waals surface area contributed by atoms with E-state index in [0.717, 1.165) is 0 Å². The lowest BCUT2D eigenvalue weighted by molar-refractivity contribution is 0.401. The first-order valence-electron chi connectivity index (χ1n) is 5.26.